The molecule has 0 heterocycles. The van der Waals surface area contributed by atoms with Crippen LogP contribution >= 0.6 is 9.24 Å². The standard InChI is InChI=1S/C9H17P/c1-3-6-5(2)9-7(6)4-8(9)10/h5-9H,3-4,10H2,1-2H3. The predicted molar refractivity (Wildman–Crippen MR) is 48.0 cm³/mol. The Kier molecular flexibility index (Phi) is 1.57. The van der Waals surface area contributed by atoms with Crippen LogP contribution in [-0.2, 0) is 0 Å². The van der Waals surface area contributed by atoms with E-state index in [4.69, 9.17) is 0 Å². The second kappa shape index (κ2) is 2.21. The SMILES string of the molecule is CCC1C(C)C2C(P)CC12. The molecule has 0 aromatic heterocycles. The predicted octanol–water partition coefficient (Wildman–Crippen LogP) is 2.54. The topological polar surface area (TPSA) is 0 Å². The van der Waals surface area contributed by atoms with Crippen LogP contribution in [0.1, 0.15) is 26.7 Å². The summed E-state index contributed by atoms with van der Waals surface area (Å²) in [6.45, 7) is 4.78. The van der Waals surface area contributed by atoms with Gasteiger partial charge in [-0.3, -0.25) is 0 Å². The summed E-state index contributed by atoms with van der Waals surface area (Å²) >= 11 is 0. The van der Waals surface area contributed by atoms with Crippen molar-refractivity contribution in [2.75, 3.05) is 0 Å². The van der Waals surface area contributed by atoms with Crippen molar-refractivity contribution in [3.8, 4) is 0 Å². The molecule has 6 atom stereocenters. The van der Waals surface area contributed by atoms with Crippen LogP contribution in [0.4, 0.5) is 0 Å². The van der Waals surface area contributed by atoms with E-state index in [9.17, 15) is 0 Å². The van der Waals surface area contributed by atoms with Crippen LogP contribution in [-0.4, -0.2) is 5.66 Å². The van der Waals surface area contributed by atoms with Crippen molar-refractivity contribution in [2.45, 2.75) is 32.3 Å². The maximum absolute atomic E-state index is 3.00. The molecule has 10 heavy (non-hydrogen) atoms. The third kappa shape index (κ3) is 0.666. The molecule has 2 aliphatic carbocycles. The third-order valence-electron chi connectivity index (χ3n) is 3.84. The van der Waals surface area contributed by atoms with Crippen LogP contribution in [0.15, 0.2) is 0 Å². The fourth-order valence-electron chi connectivity index (χ4n) is 3.19. The summed E-state index contributed by atoms with van der Waals surface area (Å²) in [4.78, 5) is 0. The molecule has 0 radical (unpaired) electrons. The Balaban J connectivity index is 1.97. The van der Waals surface area contributed by atoms with Gasteiger partial charge in [0, 0.05) is 0 Å². The first-order valence-corrected chi connectivity index (χ1v) is 5.18. The van der Waals surface area contributed by atoms with Gasteiger partial charge in [-0.15, -0.1) is 9.24 Å². The van der Waals surface area contributed by atoms with Crippen LogP contribution in [0, 0.1) is 23.7 Å². The van der Waals surface area contributed by atoms with Gasteiger partial charge in [-0.1, -0.05) is 20.3 Å². The molecule has 2 rings (SSSR count). The van der Waals surface area contributed by atoms with E-state index in [1.54, 1.807) is 0 Å². The molecule has 0 amide bonds. The zero-order valence-corrected chi connectivity index (χ0v) is 8.03. The summed E-state index contributed by atoms with van der Waals surface area (Å²) in [5.41, 5.74) is 0.975. The first-order chi connectivity index (χ1) is 4.75. The lowest BCUT2D eigenvalue weighted by Gasteiger charge is -2.62. The van der Waals surface area contributed by atoms with Gasteiger partial charge in [-0.05, 0) is 35.8 Å². The normalized spacial score (nSPS) is 58.5. The first kappa shape index (κ1) is 7.10. The molecule has 0 saturated heterocycles. The lowest BCUT2D eigenvalue weighted by molar-refractivity contribution is -0.0863. The first-order valence-electron chi connectivity index (χ1n) is 4.51. The Morgan fingerprint density at radius 3 is 2.60 bits per heavy atom. The van der Waals surface area contributed by atoms with Crippen LogP contribution < -0.4 is 0 Å². The minimum absolute atomic E-state index is 0.975. The minimum atomic E-state index is 0.975. The highest BCUT2D eigenvalue weighted by molar-refractivity contribution is 7.17. The zero-order chi connectivity index (χ0) is 7.30. The van der Waals surface area contributed by atoms with Crippen molar-refractivity contribution >= 4 is 9.24 Å². The molecule has 6 unspecified atom stereocenters. The average Bonchev–Trinajstić information content (AvgIpc) is 1.86. The van der Waals surface area contributed by atoms with E-state index in [0.717, 1.165) is 29.3 Å². The second-order valence-corrected chi connectivity index (χ2v) is 4.93. The van der Waals surface area contributed by atoms with E-state index in [-0.39, 0.29) is 0 Å². The van der Waals surface area contributed by atoms with E-state index in [1.165, 1.54) is 12.8 Å². The van der Waals surface area contributed by atoms with Gasteiger partial charge in [0.25, 0.3) is 0 Å². The molecule has 0 aliphatic heterocycles. The molecule has 58 valence electrons. The highest BCUT2D eigenvalue weighted by Gasteiger charge is 2.55. The minimum Gasteiger partial charge on any atom is -0.134 e. The molecule has 0 spiro atoms. The van der Waals surface area contributed by atoms with Crippen molar-refractivity contribution < 1.29 is 0 Å². The molecule has 2 saturated carbocycles. The van der Waals surface area contributed by atoms with Gasteiger partial charge in [-0.25, -0.2) is 0 Å². The highest BCUT2D eigenvalue weighted by atomic mass is 31.0. The Labute approximate surface area is 66.0 Å². The van der Waals surface area contributed by atoms with Gasteiger partial charge < -0.3 is 0 Å². The largest absolute Gasteiger partial charge is 0.134 e. The van der Waals surface area contributed by atoms with E-state index >= 15 is 0 Å². The monoisotopic (exact) mass is 156 g/mol. The Bertz CT molecular complexity index is 132. The van der Waals surface area contributed by atoms with E-state index in [1.807, 2.05) is 0 Å². The van der Waals surface area contributed by atoms with Gasteiger partial charge in [-0.2, -0.15) is 0 Å². The summed E-state index contributed by atoms with van der Waals surface area (Å²) < 4.78 is 0. The lowest BCUT2D eigenvalue weighted by Crippen LogP contribution is -2.58. The van der Waals surface area contributed by atoms with Crippen molar-refractivity contribution in [1.29, 1.82) is 0 Å². The molecule has 1 heteroatoms. The van der Waals surface area contributed by atoms with Gasteiger partial charge in [0.1, 0.15) is 0 Å². The van der Waals surface area contributed by atoms with Crippen LogP contribution in [0.25, 0.3) is 0 Å². The second-order valence-electron chi connectivity index (χ2n) is 4.07. The van der Waals surface area contributed by atoms with E-state index in [0.29, 0.717) is 0 Å². The van der Waals surface area contributed by atoms with Crippen LogP contribution in [0.5, 0.6) is 0 Å². The van der Waals surface area contributed by atoms with Crippen molar-refractivity contribution in [3.05, 3.63) is 0 Å². The Morgan fingerprint density at radius 1 is 1.50 bits per heavy atom. The van der Waals surface area contributed by atoms with Gasteiger partial charge in [0.2, 0.25) is 0 Å². The van der Waals surface area contributed by atoms with Gasteiger partial charge in [0.15, 0.2) is 0 Å². The van der Waals surface area contributed by atoms with E-state index < -0.39 is 0 Å². The fraction of sp³-hybridized carbons (Fsp3) is 1.00. The summed E-state index contributed by atoms with van der Waals surface area (Å²) in [6, 6.07) is 0. The number of rotatable bonds is 1. The van der Waals surface area contributed by atoms with Crippen LogP contribution in [0.2, 0.25) is 0 Å². The average molecular weight is 156 g/mol. The molecule has 0 N–H and O–H groups in total. The molecule has 2 aliphatic rings. The number of hydrogen-bond acceptors (Lipinski definition) is 0. The Morgan fingerprint density at radius 2 is 2.20 bits per heavy atom. The van der Waals surface area contributed by atoms with E-state index in [2.05, 4.69) is 23.1 Å². The Hall–Kier alpha value is 0.430. The maximum Gasteiger partial charge on any atom is -0.0228 e. The quantitative estimate of drug-likeness (QED) is 0.512. The maximum atomic E-state index is 3.00. The summed E-state index contributed by atoms with van der Waals surface area (Å²) in [6.07, 6.45) is 2.91. The summed E-state index contributed by atoms with van der Waals surface area (Å²) in [5, 5.41) is 0. The lowest BCUT2D eigenvalue weighted by atomic mass is 9.46. The highest BCUT2D eigenvalue weighted by Crippen LogP contribution is 2.61. The van der Waals surface area contributed by atoms with Crippen molar-refractivity contribution in [1.82, 2.24) is 0 Å². The molecule has 2 fully saturated rings. The smallest absolute Gasteiger partial charge is 0.0228 e. The molecule has 0 aromatic carbocycles. The van der Waals surface area contributed by atoms with Gasteiger partial charge in [0.05, 0.1) is 0 Å². The fourth-order valence-corrected chi connectivity index (χ4v) is 4.14. The van der Waals surface area contributed by atoms with Gasteiger partial charge >= 0.3 is 0 Å². The molecule has 0 aromatic rings. The molecular formula is C9H17P. The summed E-state index contributed by atoms with van der Waals surface area (Å²) in [5.74, 6) is 4.34. The molecular weight excluding hydrogens is 139 g/mol. The van der Waals surface area contributed by atoms with Crippen molar-refractivity contribution in [2.24, 2.45) is 23.7 Å². The zero-order valence-electron chi connectivity index (χ0n) is 6.88. The number of fused-ring (bicyclic) bond motifs is 1. The van der Waals surface area contributed by atoms with Crippen LogP contribution in [0.3, 0.4) is 0 Å². The van der Waals surface area contributed by atoms with Crippen molar-refractivity contribution in [3.63, 3.8) is 0 Å². The summed E-state index contributed by atoms with van der Waals surface area (Å²) in [7, 11) is 3.00. The molecule has 0 bridgehead atoms. The number of hydrogen-bond donors (Lipinski definition) is 0. The third-order valence-corrected chi connectivity index (χ3v) is 4.55. The molecule has 0 nitrogen and oxygen atoms in total.